The minimum Gasteiger partial charge on any atom is -0.545 e. The molecule has 11 aromatic carbocycles. The Labute approximate surface area is 892 Å². The number of rotatable bonds is 20. The number of ketones is 2. The molecule has 26 heteroatoms. The summed E-state index contributed by atoms with van der Waals surface area (Å²) in [4.78, 5) is 58.4. The van der Waals surface area contributed by atoms with Crippen LogP contribution >= 0.6 is 0 Å². The monoisotopic (exact) mass is 2160 g/mol. The molecular formula is C102H125N3O16S2Y5-10. The van der Waals surface area contributed by atoms with E-state index in [1.807, 2.05) is 247 Å². The van der Waals surface area contributed by atoms with Crippen molar-refractivity contribution in [3.63, 3.8) is 0 Å². The number of nitrogens with zero attached hydrogens (tertiary/aromatic N) is 2. The largest absolute Gasteiger partial charge is 0.545 e. The van der Waals surface area contributed by atoms with Crippen molar-refractivity contribution in [3.05, 3.63) is 437 Å². The molecule has 19 nitrogen and oxygen atoms in total. The maximum absolute atomic E-state index is 12.4. The second kappa shape index (κ2) is 76.8. The molecule has 3 N–H and O–H groups in total. The van der Waals surface area contributed by atoms with Crippen LogP contribution in [-0.4, -0.2) is 61.0 Å². The number of aryl methyl sites for hydroxylation is 3. The van der Waals surface area contributed by atoms with Gasteiger partial charge in [-0.25, -0.2) is 16.8 Å². The Kier molecular flexibility index (Phi) is 82.0. The summed E-state index contributed by atoms with van der Waals surface area (Å²) in [5.74, 6) is 1.74. The molecule has 0 aliphatic rings. The number of Topliss-reactive ketones (excluding diaryl/α,β-unsaturated/α-hetero) is 2. The zero-order chi connectivity index (χ0) is 94.4. The van der Waals surface area contributed by atoms with Crippen LogP contribution in [0.5, 0.6) is 17.2 Å². The number of carbonyl (C=O) groups excluding carboxylic acids is 4. The van der Waals surface area contributed by atoms with Crippen molar-refractivity contribution in [2.24, 2.45) is 0 Å². The summed E-state index contributed by atoms with van der Waals surface area (Å²) >= 11 is 0. The van der Waals surface area contributed by atoms with Crippen LogP contribution in [0, 0.1) is 110 Å². The third-order valence-electron chi connectivity index (χ3n) is 15.4. The summed E-state index contributed by atoms with van der Waals surface area (Å²) < 4.78 is 63.8. The van der Waals surface area contributed by atoms with Crippen LogP contribution < -0.4 is 19.9 Å². The fourth-order valence-electron chi connectivity index (χ4n) is 9.29. The number of non-ortho nitro benzene ring substituents is 2. The first-order valence-electron chi connectivity index (χ1n) is 39.7. The SMILES string of the molecule is CC.CC.CC.CC.CC.CCS(=O)(=O)c1ccc(C)cc1.Cc1ccc([N+](=O)[O-])cc1.Cc1ccccc1.O=C=O.[CH2-]C([CH2-])(O)c1ccccc1.[CH2-]C([CH2-])(Oc1ccc(CC(=O)Cc2ccc(S(=O)(=O)CC)cc2)cc1)c1ccccc1.[CH2-]C([CH2-])(Oc1ccc(N)cc1)c1ccccc1.[CH2-]C([CH2-])(Oc1ccc([N+](=O)[O-])cc1)c1ccccc1.[CH2-]C([CH2-])=O.[Y].[Y].[Y].[Y].[Y]. The van der Waals surface area contributed by atoms with Gasteiger partial charge in [0.1, 0.15) is 23.0 Å². The summed E-state index contributed by atoms with van der Waals surface area (Å²) in [6.07, 6.45) is 0.785. The number of carbonyl (C=O) groups is 2. The van der Waals surface area contributed by atoms with Crippen molar-refractivity contribution in [2.75, 3.05) is 17.2 Å². The van der Waals surface area contributed by atoms with Gasteiger partial charge in [0.2, 0.25) is 0 Å². The van der Waals surface area contributed by atoms with Crippen molar-refractivity contribution in [2.45, 2.75) is 149 Å². The molecule has 0 aliphatic heterocycles. The quantitative estimate of drug-likeness (QED) is 0.0310. The van der Waals surface area contributed by atoms with E-state index < -0.39 is 51.9 Å². The summed E-state index contributed by atoms with van der Waals surface area (Å²) in [7, 11) is -6.25. The molecule has 0 amide bonds. The predicted octanol–water partition coefficient (Wildman–Crippen LogP) is 23.5. The number of nitrogen functional groups attached to an aromatic ring is 1. The normalized spacial score (nSPS) is 9.66. The zero-order valence-corrected chi connectivity index (χ0v) is 92.8. The number of benzene rings is 11. The summed E-state index contributed by atoms with van der Waals surface area (Å²) in [6.45, 7) is 65.9. The van der Waals surface area contributed by atoms with E-state index >= 15 is 0 Å². The number of hydrogen-bond donors (Lipinski definition) is 2. The molecule has 11 rings (SSSR count). The second-order valence-corrected chi connectivity index (χ2v) is 29.8. The van der Waals surface area contributed by atoms with E-state index in [2.05, 4.69) is 88.3 Å². The maximum Gasteiger partial charge on any atom is 0.373 e. The standard InChI is InChI=1S/C26H26O4S.C15H13NO3.C15H15NO.C9H12O2S.C9H10O.C7H7NO2.C7H8.C3H4O.5C2H6.CO2.5Y/c1-4-31(28,29)25-16-12-21(13-17-25)19-23(27)18-20-10-14-24(15-11-20)30-26(2,3)22-8-6-5-7-9-22;1-15(2,12-6-4-3-5-7-12)19-14-10-8-13(9-11-14)16(17)18;1-15(2,12-6-4-3-5-7-12)17-14-10-8-13(16)9-11-14;1-3-12(10,11)9-6-4-8(2)5-7-9;1-9(2,10)8-6-4-3-5-7-8;1-6-2-4-7(5-3-6)8(9)10;1-7-5-3-2-4-6-7;1-3(2)4;5*1-2;2-1-3;;;;;/h5-17H,2-4,18-19H2,1H3;3-11H,1-2H2;3-11H,1-2,16H2;4-7H,3H2,1-2H3;3-7,10H,1-2H2;2-5H,1H3;2-6H,1H3;1-2H2;5*1-2H3;;;;;;/q3*-2;;-2;;;-2;;;;;;;;;;;. The van der Waals surface area contributed by atoms with Gasteiger partial charge in [-0.15, -0.1) is 22.6 Å². The van der Waals surface area contributed by atoms with E-state index in [-0.39, 0.29) is 222 Å². The Balaban J connectivity index is -0.000000219. The number of sulfone groups is 2. The summed E-state index contributed by atoms with van der Waals surface area (Å²) in [6, 6.07) is 88.3. The Bertz CT molecular complexity index is 4920. The van der Waals surface area contributed by atoms with Crippen molar-refractivity contribution < 1.29 is 229 Å². The number of hydrogen-bond acceptors (Lipinski definition) is 17. The number of nitro benzene ring substituents is 2. The molecule has 0 aliphatic carbocycles. The molecule has 0 atom stereocenters. The van der Waals surface area contributed by atoms with Crippen molar-refractivity contribution in [1.82, 2.24) is 0 Å². The Hall–Kier alpha value is -6.74. The van der Waals surface area contributed by atoms with Gasteiger partial charge in [-0.3, -0.25) is 25.0 Å². The number of nitro groups is 2. The fourth-order valence-corrected chi connectivity index (χ4v) is 11.1. The van der Waals surface area contributed by atoms with Crippen molar-refractivity contribution in [3.8, 4) is 17.2 Å². The van der Waals surface area contributed by atoms with E-state index in [1.165, 1.54) is 42.0 Å². The first kappa shape index (κ1) is 137. The summed E-state index contributed by atoms with van der Waals surface area (Å²) in [5, 5.41) is 29.9. The van der Waals surface area contributed by atoms with E-state index in [0.717, 1.165) is 44.5 Å². The van der Waals surface area contributed by atoms with Crippen molar-refractivity contribution in [1.29, 1.82) is 0 Å². The van der Waals surface area contributed by atoms with Crippen LogP contribution in [0.25, 0.3) is 0 Å². The molecule has 0 heterocycles. The van der Waals surface area contributed by atoms with Gasteiger partial charge in [-0.1, -0.05) is 322 Å². The van der Waals surface area contributed by atoms with E-state index in [1.54, 1.807) is 98.8 Å². The molecule has 0 spiro atoms. The van der Waals surface area contributed by atoms with Crippen LogP contribution in [0.4, 0.5) is 17.1 Å². The van der Waals surface area contributed by atoms with Crippen LogP contribution in [0.3, 0.4) is 0 Å². The minimum absolute atomic E-state index is 0. The third kappa shape index (κ3) is 60.3. The van der Waals surface area contributed by atoms with Crippen LogP contribution in [0.15, 0.2) is 307 Å². The van der Waals surface area contributed by atoms with Gasteiger partial charge in [0.25, 0.3) is 11.4 Å². The fraction of sp³-hybridized carbons (Fsp3) is 0.225. The maximum atomic E-state index is 12.4. The first-order valence-corrected chi connectivity index (χ1v) is 43.0. The smallest absolute Gasteiger partial charge is 0.373 e. The average Bonchev–Trinajstić information content (AvgIpc) is 0.850. The van der Waals surface area contributed by atoms with Crippen LogP contribution in [0.2, 0.25) is 0 Å². The molecule has 681 valence electrons. The van der Waals surface area contributed by atoms with Gasteiger partial charge in [0, 0.05) is 206 Å². The minimum atomic E-state index is -3.23. The van der Waals surface area contributed by atoms with Crippen molar-refractivity contribution >= 4 is 54.5 Å². The van der Waals surface area contributed by atoms with Gasteiger partial charge in [0.05, 0.1) is 31.1 Å². The Morgan fingerprint density at radius 2 is 0.570 bits per heavy atom. The van der Waals surface area contributed by atoms with Gasteiger partial charge in [0.15, 0.2) is 19.7 Å². The number of nitrogens with two attached hydrogens (primary N) is 1. The first-order chi connectivity index (χ1) is 58.2. The zero-order valence-electron chi connectivity index (χ0n) is 76.9. The van der Waals surface area contributed by atoms with E-state index in [4.69, 9.17) is 29.5 Å². The molecule has 0 saturated carbocycles. The van der Waals surface area contributed by atoms with Gasteiger partial charge in [-0.2, -0.15) is 15.2 Å². The molecule has 0 unspecified atom stereocenters. The van der Waals surface area contributed by atoms with Gasteiger partial charge < -0.3 is 99.1 Å². The molecule has 0 saturated heterocycles. The Morgan fingerprint density at radius 3 is 0.797 bits per heavy atom. The predicted molar refractivity (Wildman–Crippen MR) is 502 cm³/mol. The van der Waals surface area contributed by atoms with Gasteiger partial charge >= 0.3 is 6.15 Å². The molecule has 0 bridgehead atoms. The molecule has 0 fully saturated rings. The molecular weight excluding hydrogens is 2030 g/mol. The van der Waals surface area contributed by atoms with E-state index in [9.17, 15) is 51.8 Å². The number of ether oxygens (including phenoxy) is 3. The molecule has 11 aromatic rings. The average molecular weight is 2160 g/mol. The Morgan fingerprint density at radius 1 is 0.367 bits per heavy atom. The summed E-state index contributed by atoms with van der Waals surface area (Å²) in [5.41, 5.74) is 10.9. The third-order valence-corrected chi connectivity index (χ3v) is 18.9. The molecule has 5 radical (unpaired) electrons. The number of aliphatic hydroxyl groups is 1. The van der Waals surface area contributed by atoms with Crippen LogP contribution in [-0.2, 0) is 238 Å². The van der Waals surface area contributed by atoms with E-state index in [0.29, 0.717) is 27.8 Å². The van der Waals surface area contributed by atoms with Gasteiger partial charge in [-0.05, 0) is 105 Å². The molecule has 0 aromatic heterocycles. The van der Waals surface area contributed by atoms with Crippen LogP contribution in [0.1, 0.15) is 133 Å². The topological polar surface area (TPSA) is 297 Å². The molecule has 128 heavy (non-hydrogen) atoms. The second-order valence-electron chi connectivity index (χ2n) is 25.3. The number of anilines is 1.